The molecule has 0 radical (unpaired) electrons. The average Bonchev–Trinajstić information content (AvgIpc) is 2.48. The van der Waals surface area contributed by atoms with E-state index in [1.54, 1.807) is 0 Å². The molecule has 0 spiro atoms. The van der Waals surface area contributed by atoms with E-state index in [1.165, 1.54) is 22.3 Å². The summed E-state index contributed by atoms with van der Waals surface area (Å²) in [6, 6.07) is 11.1. The van der Waals surface area contributed by atoms with Gasteiger partial charge in [-0.25, -0.2) is 0 Å². The van der Waals surface area contributed by atoms with Crippen LogP contribution in [0.2, 0.25) is 0 Å². The zero-order valence-electron chi connectivity index (χ0n) is 11.1. The second kappa shape index (κ2) is 5.51. The van der Waals surface area contributed by atoms with Crippen molar-refractivity contribution in [2.45, 2.75) is 13.0 Å². The summed E-state index contributed by atoms with van der Waals surface area (Å²) in [6.07, 6.45) is 3.79. The van der Waals surface area contributed by atoms with Crippen molar-refractivity contribution in [3.63, 3.8) is 0 Å². The van der Waals surface area contributed by atoms with Crippen molar-refractivity contribution in [1.82, 2.24) is 10.3 Å². The number of nitrogens with zero attached hydrogens (tertiary/aromatic N) is 1. The third-order valence-electron chi connectivity index (χ3n) is 3.42. The van der Waals surface area contributed by atoms with Gasteiger partial charge in [-0.1, -0.05) is 18.2 Å². The molecule has 3 rings (SSSR count). The molecule has 1 aliphatic heterocycles. The summed E-state index contributed by atoms with van der Waals surface area (Å²) in [6.45, 7) is 4.53. The van der Waals surface area contributed by atoms with Gasteiger partial charge in [0.25, 0.3) is 0 Å². The monoisotopic (exact) mass is 254 g/mol. The zero-order valence-corrected chi connectivity index (χ0v) is 11.1. The summed E-state index contributed by atoms with van der Waals surface area (Å²) in [5, 5.41) is 3.48. The smallest absolute Gasteiger partial charge is 0.0662 e. The van der Waals surface area contributed by atoms with Crippen LogP contribution in [0.1, 0.15) is 17.2 Å². The maximum Gasteiger partial charge on any atom is 0.0662 e. The quantitative estimate of drug-likeness (QED) is 0.894. The van der Waals surface area contributed by atoms with Gasteiger partial charge < -0.3 is 10.1 Å². The van der Waals surface area contributed by atoms with Crippen molar-refractivity contribution in [1.29, 1.82) is 0 Å². The molecule has 19 heavy (non-hydrogen) atoms. The molecule has 98 valence electrons. The topological polar surface area (TPSA) is 34.1 Å². The first-order chi connectivity index (χ1) is 9.33. The van der Waals surface area contributed by atoms with Crippen molar-refractivity contribution in [2.75, 3.05) is 19.8 Å². The van der Waals surface area contributed by atoms with Crippen LogP contribution in [0.25, 0.3) is 11.1 Å². The summed E-state index contributed by atoms with van der Waals surface area (Å²) >= 11 is 0. The van der Waals surface area contributed by atoms with E-state index in [4.69, 9.17) is 4.74 Å². The first-order valence-corrected chi connectivity index (χ1v) is 6.66. The lowest BCUT2D eigenvalue weighted by Crippen LogP contribution is -2.34. The molecule has 3 nitrogen and oxygen atoms in total. The molecule has 1 atom stereocenters. The predicted molar refractivity (Wildman–Crippen MR) is 76.0 cm³/mol. The van der Waals surface area contributed by atoms with Crippen molar-refractivity contribution in [2.24, 2.45) is 0 Å². The molecule has 1 fully saturated rings. The van der Waals surface area contributed by atoms with Crippen molar-refractivity contribution in [3.8, 4) is 11.1 Å². The fourth-order valence-corrected chi connectivity index (χ4v) is 2.43. The Labute approximate surface area is 113 Å². The lowest BCUT2D eigenvalue weighted by molar-refractivity contribution is 0.0769. The minimum absolute atomic E-state index is 0.298. The molecular formula is C16H18N2O. The van der Waals surface area contributed by atoms with E-state index in [-0.39, 0.29) is 0 Å². The number of hydrogen-bond donors (Lipinski definition) is 1. The summed E-state index contributed by atoms with van der Waals surface area (Å²) in [5.41, 5.74) is 4.83. The molecule has 1 aliphatic rings. The van der Waals surface area contributed by atoms with Gasteiger partial charge in [-0.3, -0.25) is 4.98 Å². The first-order valence-electron chi connectivity index (χ1n) is 6.66. The number of nitrogens with one attached hydrogen (secondary N) is 1. The Morgan fingerprint density at radius 1 is 1.21 bits per heavy atom. The molecule has 0 saturated carbocycles. The molecule has 1 aromatic heterocycles. The van der Waals surface area contributed by atoms with Gasteiger partial charge in [0.05, 0.1) is 19.3 Å². The molecule has 0 amide bonds. The minimum atomic E-state index is 0.298. The first kappa shape index (κ1) is 12.3. The minimum Gasteiger partial charge on any atom is -0.378 e. The Balaban J connectivity index is 1.91. The number of benzene rings is 1. The fourth-order valence-electron chi connectivity index (χ4n) is 2.43. The van der Waals surface area contributed by atoms with Gasteiger partial charge in [-0.2, -0.15) is 0 Å². The Kier molecular flexibility index (Phi) is 3.58. The highest BCUT2D eigenvalue weighted by molar-refractivity contribution is 5.64. The number of hydrogen-bond acceptors (Lipinski definition) is 3. The lowest BCUT2D eigenvalue weighted by atomic mass is 10.00. The fraction of sp³-hybridized carbons (Fsp3) is 0.312. The van der Waals surface area contributed by atoms with Crippen LogP contribution in [0.5, 0.6) is 0 Å². The van der Waals surface area contributed by atoms with Crippen molar-refractivity contribution < 1.29 is 4.74 Å². The van der Waals surface area contributed by atoms with Gasteiger partial charge in [-0.15, -0.1) is 0 Å². The predicted octanol–water partition coefficient (Wildman–Crippen LogP) is 2.72. The van der Waals surface area contributed by atoms with E-state index >= 15 is 0 Å². The molecule has 2 heterocycles. The summed E-state index contributed by atoms with van der Waals surface area (Å²) in [4.78, 5) is 4.26. The number of morpholine rings is 1. The highest BCUT2D eigenvalue weighted by Gasteiger charge is 2.15. The molecule has 0 bridgehead atoms. The Hall–Kier alpha value is -1.71. The van der Waals surface area contributed by atoms with Crippen LogP contribution in [0.3, 0.4) is 0 Å². The van der Waals surface area contributed by atoms with Crippen LogP contribution in [0.4, 0.5) is 0 Å². The number of ether oxygens (including phenoxy) is 1. The normalized spacial score (nSPS) is 19.3. The molecule has 1 saturated heterocycles. The molecule has 1 N–H and O–H groups in total. The second-order valence-electron chi connectivity index (χ2n) is 4.96. The van der Waals surface area contributed by atoms with Crippen molar-refractivity contribution in [3.05, 3.63) is 53.9 Å². The molecule has 1 unspecified atom stereocenters. The highest BCUT2D eigenvalue weighted by atomic mass is 16.5. The SMILES string of the molecule is Cc1cncc(-c2cccc(C3COCCN3)c2)c1. The second-order valence-corrected chi connectivity index (χ2v) is 4.96. The van der Waals surface area contributed by atoms with Gasteiger partial charge in [0.1, 0.15) is 0 Å². The van der Waals surface area contributed by atoms with E-state index in [0.717, 1.165) is 19.8 Å². The summed E-state index contributed by atoms with van der Waals surface area (Å²) < 4.78 is 5.53. The summed E-state index contributed by atoms with van der Waals surface area (Å²) in [7, 11) is 0. The van der Waals surface area contributed by atoms with E-state index < -0.39 is 0 Å². The van der Waals surface area contributed by atoms with E-state index in [1.807, 2.05) is 12.4 Å². The third kappa shape index (κ3) is 2.83. The van der Waals surface area contributed by atoms with Crippen LogP contribution in [-0.4, -0.2) is 24.7 Å². The van der Waals surface area contributed by atoms with Crippen LogP contribution >= 0.6 is 0 Å². The van der Waals surface area contributed by atoms with Gasteiger partial charge >= 0.3 is 0 Å². The molecule has 0 aliphatic carbocycles. The van der Waals surface area contributed by atoms with Crippen LogP contribution in [0.15, 0.2) is 42.7 Å². The van der Waals surface area contributed by atoms with Crippen LogP contribution in [0, 0.1) is 6.92 Å². The van der Waals surface area contributed by atoms with E-state index in [0.29, 0.717) is 6.04 Å². The zero-order chi connectivity index (χ0) is 13.1. The summed E-state index contributed by atoms with van der Waals surface area (Å²) in [5.74, 6) is 0. The number of rotatable bonds is 2. The molecule has 2 aromatic rings. The molecule has 3 heteroatoms. The molecule has 1 aromatic carbocycles. The third-order valence-corrected chi connectivity index (χ3v) is 3.42. The highest BCUT2D eigenvalue weighted by Crippen LogP contribution is 2.24. The van der Waals surface area contributed by atoms with Crippen LogP contribution in [-0.2, 0) is 4.74 Å². The van der Waals surface area contributed by atoms with Gasteiger partial charge in [0.2, 0.25) is 0 Å². The number of aromatic nitrogens is 1. The van der Waals surface area contributed by atoms with Gasteiger partial charge in [0, 0.05) is 24.5 Å². The largest absolute Gasteiger partial charge is 0.378 e. The Morgan fingerprint density at radius 2 is 2.16 bits per heavy atom. The molecular weight excluding hydrogens is 236 g/mol. The van der Waals surface area contributed by atoms with E-state index in [2.05, 4.69) is 47.6 Å². The Morgan fingerprint density at radius 3 is 2.95 bits per heavy atom. The van der Waals surface area contributed by atoms with Crippen LogP contribution < -0.4 is 5.32 Å². The van der Waals surface area contributed by atoms with E-state index in [9.17, 15) is 0 Å². The Bertz CT molecular complexity index is 562. The van der Waals surface area contributed by atoms with Gasteiger partial charge in [-0.05, 0) is 35.7 Å². The van der Waals surface area contributed by atoms with Crippen molar-refractivity contribution >= 4 is 0 Å². The number of pyridine rings is 1. The maximum atomic E-state index is 5.53. The lowest BCUT2D eigenvalue weighted by Gasteiger charge is -2.24. The average molecular weight is 254 g/mol. The standard InChI is InChI=1S/C16H18N2O/c1-12-7-15(10-17-9-12)13-3-2-4-14(8-13)16-11-19-6-5-18-16/h2-4,7-10,16,18H,5-6,11H2,1H3. The van der Waals surface area contributed by atoms with Gasteiger partial charge in [0.15, 0.2) is 0 Å². The maximum absolute atomic E-state index is 5.53. The number of aryl methyl sites for hydroxylation is 1.